The quantitative estimate of drug-likeness (QED) is 0.769. The minimum absolute atomic E-state index is 0.0359. The molecule has 2 aromatic rings. The van der Waals surface area contributed by atoms with Gasteiger partial charge in [-0.25, -0.2) is 18.7 Å². The molecule has 1 spiro atoms. The first kappa shape index (κ1) is 18.2. The number of halogens is 4. The van der Waals surface area contributed by atoms with Crippen LogP contribution in [0.15, 0.2) is 29.0 Å². The van der Waals surface area contributed by atoms with Gasteiger partial charge >= 0.3 is 0 Å². The number of nitrogens with one attached hydrogen (secondary N) is 1. The molecule has 2 atom stereocenters. The van der Waals surface area contributed by atoms with Crippen LogP contribution in [0.25, 0.3) is 0 Å². The van der Waals surface area contributed by atoms with E-state index >= 15 is 0 Å². The summed E-state index contributed by atoms with van der Waals surface area (Å²) in [5.41, 5.74) is -0.932. The molecule has 6 nitrogen and oxygen atoms in total. The summed E-state index contributed by atoms with van der Waals surface area (Å²) >= 11 is 8.77. The number of fused-ring (bicyclic) bond motifs is 2. The Morgan fingerprint density at radius 2 is 2.07 bits per heavy atom. The van der Waals surface area contributed by atoms with Crippen LogP contribution in [0.4, 0.5) is 14.7 Å². The standard InChI is InChI=1S/C17H12BrClF2N4O2/c18-10-2-1-9-13(14(10)21)17(3-11(17)20)7-25(15(9)27)6-12(26)24-16-22-4-8(19)5-23-16/h1-2,4-5,11H,3,6-7H2,(H,22,23,24,26). The van der Waals surface area contributed by atoms with Gasteiger partial charge in [-0.1, -0.05) is 11.6 Å². The van der Waals surface area contributed by atoms with Crippen molar-refractivity contribution in [2.75, 3.05) is 18.4 Å². The number of aromatic nitrogens is 2. The second-order valence-electron chi connectivity index (χ2n) is 6.55. The minimum Gasteiger partial charge on any atom is -0.328 e. The third-order valence-electron chi connectivity index (χ3n) is 4.77. The van der Waals surface area contributed by atoms with Crippen molar-refractivity contribution in [3.8, 4) is 0 Å². The van der Waals surface area contributed by atoms with Gasteiger partial charge in [0, 0.05) is 17.7 Å². The Kier molecular flexibility index (Phi) is 4.38. The lowest BCUT2D eigenvalue weighted by atomic mass is 9.85. The number of anilines is 1. The molecule has 1 aromatic carbocycles. The van der Waals surface area contributed by atoms with E-state index in [9.17, 15) is 18.4 Å². The zero-order chi connectivity index (χ0) is 19.3. The Morgan fingerprint density at radius 3 is 2.70 bits per heavy atom. The van der Waals surface area contributed by atoms with Crippen LogP contribution < -0.4 is 5.32 Å². The molecular formula is C17H12BrClF2N4O2. The summed E-state index contributed by atoms with van der Waals surface area (Å²) in [5, 5.41) is 2.76. The first-order valence-corrected chi connectivity index (χ1v) is 9.18. The predicted molar refractivity (Wildman–Crippen MR) is 96.9 cm³/mol. The summed E-state index contributed by atoms with van der Waals surface area (Å²) in [6, 6.07) is 2.85. The van der Waals surface area contributed by atoms with Crippen molar-refractivity contribution >= 4 is 45.3 Å². The molecule has 2 unspecified atom stereocenters. The Bertz CT molecular complexity index is 959. The lowest BCUT2D eigenvalue weighted by Crippen LogP contribution is -2.48. The fourth-order valence-corrected chi connectivity index (χ4v) is 3.83. The number of carbonyl (C=O) groups excluding carboxylic acids is 2. The van der Waals surface area contributed by atoms with E-state index in [2.05, 4.69) is 31.2 Å². The van der Waals surface area contributed by atoms with Gasteiger partial charge in [0.05, 0.1) is 27.3 Å². The van der Waals surface area contributed by atoms with Gasteiger partial charge in [0.25, 0.3) is 5.91 Å². The first-order valence-electron chi connectivity index (χ1n) is 8.01. The third-order valence-corrected chi connectivity index (χ3v) is 5.58. The molecule has 2 aliphatic rings. The van der Waals surface area contributed by atoms with E-state index in [0.717, 1.165) is 0 Å². The SMILES string of the molecule is O=C(CN1CC2(CC2F)c2c(ccc(Br)c2F)C1=O)Nc1ncc(Cl)cn1. The summed E-state index contributed by atoms with van der Waals surface area (Å²) in [5.74, 6) is -1.65. The summed E-state index contributed by atoms with van der Waals surface area (Å²) in [6.45, 7) is -0.390. The highest BCUT2D eigenvalue weighted by Gasteiger charge is 2.62. The number of carbonyl (C=O) groups is 2. The van der Waals surface area contributed by atoms with Crippen LogP contribution in [0.5, 0.6) is 0 Å². The molecule has 1 fully saturated rings. The molecule has 0 radical (unpaired) electrons. The number of benzene rings is 1. The maximum Gasteiger partial charge on any atom is 0.254 e. The molecule has 1 N–H and O–H groups in total. The van der Waals surface area contributed by atoms with E-state index in [1.165, 1.54) is 29.4 Å². The third kappa shape index (κ3) is 3.08. The van der Waals surface area contributed by atoms with Gasteiger partial charge in [-0.15, -0.1) is 0 Å². The van der Waals surface area contributed by atoms with Crippen molar-refractivity contribution in [1.82, 2.24) is 14.9 Å². The number of hydrogen-bond acceptors (Lipinski definition) is 4. The fraction of sp³-hybridized carbons (Fsp3) is 0.294. The van der Waals surface area contributed by atoms with Crippen LogP contribution in [0.1, 0.15) is 22.3 Å². The molecule has 27 heavy (non-hydrogen) atoms. The molecule has 1 saturated carbocycles. The lowest BCUT2D eigenvalue weighted by Gasteiger charge is -2.34. The van der Waals surface area contributed by atoms with E-state index in [1.54, 1.807) is 0 Å². The smallest absolute Gasteiger partial charge is 0.254 e. The summed E-state index contributed by atoms with van der Waals surface area (Å²) in [7, 11) is 0. The number of rotatable bonds is 3. The average molecular weight is 458 g/mol. The summed E-state index contributed by atoms with van der Waals surface area (Å²) < 4.78 is 29.0. The monoisotopic (exact) mass is 456 g/mol. The predicted octanol–water partition coefficient (Wildman–Crippen LogP) is 3.11. The van der Waals surface area contributed by atoms with Crippen molar-refractivity contribution in [2.45, 2.75) is 18.0 Å². The van der Waals surface area contributed by atoms with Crippen LogP contribution in [0, 0.1) is 5.82 Å². The molecular weight excluding hydrogens is 446 g/mol. The van der Waals surface area contributed by atoms with Crippen molar-refractivity contribution < 1.29 is 18.4 Å². The van der Waals surface area contributed by atoms with Crippen molar-refractivity contribution in [3.05, 3.63) is 51.0 Å². The van der Waals surface area contributed by atoms with E-state index < -0.39 is 29.2 Å². The second-order valence-corrected chi connectivity index (χ2v) is 7.84. The van der Waals surface area contributed by atoms with Crippen LogP contribution in [0.2, 0.25) is 5.02 Å². The fourth-order valence-electron chi connectivity index (χ4n) is 3.40. The van der Waals surface area contributed by atoms with Gasteiger partial charge in [-0.05, 0) is 34.5 Å². The highest BCUT2D eigenvalue weighted by atomic mass is 79.9. The molecule has 2 amide bonds. The molecule has 1 aromatic heterocycles. The number of alkyl halides is 1. The normalized spacial score (nSPS) is 23.3. The molecule has 0 bridgehead atoms. The Hall–Kier alpha value is -2.13. The van der Waals surface area contributed by atoms with Gasteiger partial charge < -0.3 is 4.90 Å². The van der Waals surface area contributed by atoms with Crippen molar-refractivity contribution in [1.29, 1.82) is 0 Å². The molecule has 10 heteroatoms. The maximum absolute atomic E-state index is 14.6. The molecule has 1 aliphatic heterocycles. The zero-order valence-corrected chi connectivity index (χ0v) is 16.0. The topological polar surface area (TPSA) is 75.2 Å². The highest BCUT2D eigenvalue weighted by Crippen LogP contribution is 2.55. The second kappa shape index (κ2) is 6.49. The van der Waals surface area contributed by atoms with Gasteiger partial charge in [-0.3, -0.25) is 14.9 Å². The largest absolute Gasteiger partial charge is 0.328 e. The summed E-state index contributed by atoms with van der Waals surface area (Å²) in [4.78, 5) is 33.9. The number of hydrogen-bond donors (Lipinski definition) is 1. The number of nitrogens with zero attached hydrogens (tertiary/aromatic N) is 3. The Morgan fingerprint density at radius 1 is 1.41 bits per heavy atom. The van der Waals surface area contributed by atoms with Crippen molar-refractivity contribution in [3.63, 3.8) is 0 Å². The maximum atomic E-state index is 14.6. The Labute approximate surface area is 166 Å². The lowest BCUT2D eigenvalue weighted by molar-refractivity contribution is -0.117. The highest BCUT2D eigenvalue weighted by molar-refractivity contribution is 9.10. The average Bonchev–Trinajstić information content (AvgIpc) is 3.26. The van der Waals surface area contributed by atoms with Crippen LogP contribution in [-0.4, -0.2) is 45.9 Å². The minimum atomic E-state index is -1.27. The van der Waals surface area contributed by atoms with E-state index in [-0.39, 0.29) is 41.1 Å². The van der Waals surface area contributed by atoms with Crippen LogP contribution in [0.3, 0.4) is 0 Å². The number of amides is 2. The van der Waals surface area contributed by atoms with Gasteiger partial charge in [0.15, 0.2) is 0 Å². The van der Waals surface area contributed by atoms with Crippen molar-refractivity contribution in [2.24, 2.45) is 0 Å². The molecule has 0 saturated heterocycles. The van der Waals surface area contributed by atoms with Gasteiger partial charge in [0.2, 0.25) is 11.9 Å². The van der Waals surface area contributed by atoms with Crippen LogP contribution in [-0.2, 0) is 10.2 Å². The molecule has 2 heterocycles. The summed E-state index contributed by atoms with van der Waals surface area (Å²) in [6.07, 6.45) is 1.48. The van der Waals surface area contributed by atoms with Gasteiger partial charge in [0.1, 0.15) is 18.5 Å². The first-order chi connectivity index (χ1) is 12.8. The van der Waals surface area contributed by atoms with E-state index in [4.69, 9.17) is 11.6 Å². The van der Waals surface area contributed by atoms with E-state index in [0.29, 0.717) is 5.02 Å². The molecule has 4 rings (SSSR count). The Balaban J connectivity index is 1.58. The zero-order valence-electron chi connectivity index (χ0n) is 13.7. The van der Waals surface area contributed by atoms with Crippen LogP contribution >= 0.6 is 27.5 Å². The van der Waals surface area contributed by atoms with Gasteiger partial charge in [-0.2, -0.15) is 0 Å². The van der Waals surface area contributed by atoms with E-state index in [1.807, 2.05) is 0 Å². The molecule has 1 aliphatic carbocycles. The molecule has 140 valence electrons.